The Morgan fingerprint density at radius 3 is 2.62 bits per heavy atom. The number of fused-ring (bicyclic) bond motifs is 3. The van der Waals surface area contributed by atoms with Crippen LogP contribution in [0.3, 0.4) is 0 Å². The maximum Gasteiger partial charge on any atom is 0.221 e. The Hall–Kier alpha value is -1.96. The first-order valence-electron chi connectivity index (χ1n) is 10.2. The Bertz CT molecular complexity index is 1200. The standard InChI is InChI=1S/C22H23BrN4OS/c1-15-20(21(28)18-9-10-19(23)29-18)27-17-8-4-3-7-16(17)26(22(27)24-15)14-13-25-11-5-2-6-12-25/h3-4,7-10H,2,5-6,11-14H2,1H3/p+1. The molecule has 0 bridgehead atoms. The van der Waals surface area contributed by atoms with Crippen LogP contribution in [-0.2, 0) is 6.54 Å². The number of nitrogens with zero attached hydrogens (tertiary/aromatic N) is 3. The largest absolute Gasteiger partial charge is 0.333 e. The minimum absolute atomic E-state index is 0.0373. The number of aryl methyl sites for hydroxylation is 1. The highest BCUT2D eigenvalue weighted by Crippen LogP contribution is 2.29. The second-order valence-electron chi connectivity index (χ2n) is 7.82. The minimum Gasteiger partial charge on any atom is -0.333 e. The molecule has 3 aromatic heterocycles. The van der Waals surface area contributed by atoms with Gasteiger partial charge in [-0.15, -0.1) is 11.3 Å². The van der Waals surface area contributed by atoms with E-state index in [1.807, 2.05) is 25.1 Å². The van der Waals surface area contributed by atoms with Gasteiger partial charge in [0.05, 0.1) is 51.6 Å². The number of imidazole rings is 2. The number of hydrogen-bond donors (Lipinski definition) is 1. The summed E-state index contributed by atoms with van der Waals surface area (Å²) in [7, 11) is 0. The van der Waals surface area contributed by atoms with Crippen molar-refractivity contribution in [2.24, 2.45) is 0 Å². The molecule has 4 heterocycles. The normalized spacial score (nSPS) is 15.5. The number of rotatable bonds is 5. The predicted octanol–water partition coefficient (Wildman–Crippen LogP) is 3.72. The van der Waals surface area contributed by atoms with E-state index in [1.165, 1.54) is 43.7 Å². The third-order valence-electron chi connectivity index (χ3n) is 5.95. The number of thiophene rings is 1. The molecule has 1 fully saturated rings. The number of hydrogen-bond acceptors (Lipinski definition) is 3. The third kappa shape index (κ3) is 3.35. The van der Waals surface area contributed by atoms with Gasteiger partial charge in [0.2, 0.25) is 11.6 Å². The molecule has 1 aliphatic rings. The highest BCUT2D eigenvalue weighted by atomic mass is 79.9. The summed E-state index contributed by atoms with van der Waals surface area (Å²) >= 11 is 4.94. The molecule has 0 radical (unpaired) electrons. The second kappa shape index (κ2) is 7.70. The minimum atomic E-state index is 0.0373. The second-order valence-corrected chi connectivity index (χ2v) is 10.3. The molecule has 0 spiro atoms. The lowest BCUT2D eigenvalue weighted by atomic mass is 10.1. The third-order valence-corrected chi connectivity index (χ3v) is 7.57. The molecular formula is C22H24BrN4OS+. The number of halogens is 1. The Morgan fingerprint density at radius 2 is 1.90 bits per heavy atom. The molecular weight excluding hydrogens is 448 g/mol. The lowest BCUT2D eigenvalue weighted by molar-refractivity contribution is -0.905. The van der Waals surface area contributed by atoms with Crippen LogP contribution in [0.15, 0.2) is 40.2 Å². The molecule has 0 atom stereocenters. The van der Waals surface area contributed by atoms with Crippen LogP contribution in [0.4, 0.5) is 0 Å². The maximum absolute atomic E-state index is 13.3. The summed E-state index contributed by atoms with van der Waals surface area (Å²) in [6, 6.07) is 12.1. The molecule has 0 amide bonds. The molecule has 5 nitrogen and oxygen atoms in total. The number of para-hydroxylation sites is 2. The Balaban J connectivity index is 1.61. The molecule has 5 rings (SSSR count). The van der Waals surface area contributed by atoms with Gasteiger partial charge >= 0.3 is 0 Å². The van der Waals surface area contributed by atoms with E-state index in [-0.39, 0.29) is 5.78 Å². The number of piperidine rings is 1. The monoisotopic (exact) mass is 471 g/mol. The zero-order valence-corrected chi connectivity index (χ0v) is 18.9. The first-order valence-corrected chi connectivity index (χ1v) is 11.8. The topological polar surface area (TPSA) is 43.7 Å². The highest BCUT2D eigenvalue weighted by Gasteiger charge is 2.25. The van der Waals surface area contributed by atoms with E-state index in [1.54, 1.807) is 4.90 Å². The van der Waals surface area contributed by atoms with Crippen molar-refractivity contribution in [2.45, 2.75) is 32.7 Å². The van der Waals surface area contributed by atoms with Crippen molar-refractivity contribution in [3.8, 4) is 0 Å². The van der Waals surface area contributed by atoms with E-state index in [0.717, 1.165) is 44.3 Å². The SMILES string of the molecule is Cc1nc2n(CC[NH+]3CCCCC3)c3ccccc3n2c1C(=O)c1ccc(Br)s1. The fourth-order valence-electron chi connectivity index (χ4n) is 4.52. The number of carbonyl (C=O) groups is 1. The summed E-state index contributed by atoms with van der Waals surface area (Å²) in [6.07, 6.45) is 4.02. The van der Waals surface area contributed by atoms with E-state index in [4.69, 9.17) is 4.98 Å². The number of nitrogens with one attached hydrogen (secondary N) is 1. The quantitative estimate of drug-likeness (QED) is 0.450. The molecule has 1 saturated heterocycles. The van der Waals surface area contributed by atoms with Crippen molar-refractivity contribution in [1.82, 2.24) is 14.0 Å². The van der Waals surface area contributed by atoms with Gasteiger partial charge in [-0.3, -0.25) is 9.20 Å². The number of ketones is 1. The molecule has 0 aliphatic carbocycles. The van der Waals surface area contributed by atoms with Crippen molar-refractivity contribution in [3.05, 3.63) is 56.4 Å². The summed E-state index contributed by atoms with van der Waals surface area (Å²) in [6.45, 7) is 6.49. The average Bonchev–Trinajstić information content (AvgIpc) is 3.39. The Kier molecular flexibility index (Phi) is 5.05. The first-order chi connectivity index (χ1) is 14.1. The van der Waals surface area contributed by atoms with Crippen LogP contribution in [0, 0.1) is 6.92 Å². The van der Waals surface area contributed by atoms with Gasteiger partial charge in [0.25, 0.3) is 0 Å². The van der Waals surface area contributed by atoms with E-state index >= 15 is 0 Å². The fourth-order valence-corrected chi connectivity index (χ4v) is 5.85. The number of carbonyl (C=O) groups excluding carboxylic acids is 1. The van der Waals surface area contributed by atoms with Crippen molar-refractivity contribution < 1.29 is 9.69 Å². The van der Waals surface area contributed by atoms with E-state index in [2.05, 4.69) is 43.1 Å². The van der Waals surface area contributed by atoms with Gasteiger partial charge in [0.1, 0.15) is 5.69 Å². The first kappa shape index (κ1) is 19.0. The van der Waals surface area contributed by atoms with Gasteiger partial charge in [0.15, 0.2) is 0 Å². The number of benzene rings is 1. The van der Waals surface area contributed by atoms with Crippen molar-refractivity contribution >= 4 is 49.9 Å². The van der Waals surface area contributed by atoms with Gasteiger partial charge in [0, 0.05) is 0 Å². The molecule has 1 aromatic carbocycles. The Labute approximate surface area is 182 Å². The van der Waals surface area contributed by atoms with Crippen molar-refractivity contribution in [1.29, 1.82) is 0 Å². The van der Waals surface area contributed by atoms with Gasteiger partial charge in [-0.05, 0) is 66.4 Å². The van der Waals surface area contributed by atoms with Gasteiger partial charge < -0.3 is 9.47 Å². The summed E-state index contributed by atoms with van der Waals surface area (Å²) in [5.74, 6) is 0.911. The number of aromatic nitrogens is 3. The van der Waals surface area contributed by atoms with Gasteiger partial charge in [-0.2, -0.15) is 0 Å². The lowest BCUT2D eigenvalue weighted by Crippen LogP contribution is -3.13. The van der Waals surface area contributed by atoms with Crippen molar-refractivity contribution in [3.63, 3.8) is 0 Å². The van der Waals surface area contributed by atoms with Crippen LogP contribution in [0.25, 0.3) is 16.8 Å². The summed E-state index contributed by atoms with van der Waals surface area (Å²) in [5, 5.41) is 0. The fraction of sp³-hybridized carbons (Fsp3) is 0.364. The molecule has 150 valence electrons. The molecule has 1 aliphatic heterocycles. The van der Waals surface area contributed by atoms with Crippen LogP contribution >= 0.6 is 27.3 Å². The number of likely N-dealkylation sites (tertiary alicyclic amines) is 1. The highest BCUT2D eigenvalue weighted by molar-refractivity contribution is 9.11. The number of quaternary nitrogens is 1. The summed E-state index contributed by atoms with van der Waals surface area (Å²) in [4.78, 5) is 20.6. The lowest BCUT2D eigenvalue weighted by Gasteiger charge is -2.23. The zero-order chi connectivity index (χ0) is 20.0. The zero-order valence-electron chi connectivity index (χ0n) is 16.4. The van der Waals surface area contributed by atoms with Gasteiger partial charge in [-0.25, -0.2) is 4.98 Å². The molecule has 29 heavy (non-hydrogen) atoms. The van der Waals surface area contributed by atoms with E-state index in [9.17, 15) is 4.79 Å². The molecule has 0 unspecified atom stereocenters. The Morgan fingerprint density at radius 1 is 1.14 bits per heavy atom. The van der Waals surface area contributed by atoms with Crippen molar-refractivity contribution in [2.75, 3.05) is 19.6 Å². The molecule has 0 saturated carbocycles. The predicted molar refractivity (Wildman–Crippen MR) is 120 cm³/mol. The molecule has 7 heteroatoms. The van der Waals surface area contributed by atoms with E-state index < -0.39 is 0 Å². The smallest absolute Gasteiger partial charge is 0.221 e. The van der Waals surface area contributed by atoms with Crippen LogP contribution in [-0.4, -0.2) is 39.4 Å². The molecule has 1 N–H and O–H groups in total. The van der Waals surface area contributed by atoms with E-state index in [0.29, 0.717) is 5.69 Å². The summed E-state index contributed by atoms with van der Waals surface area (Å²) in [5.41, 5.74) is 3.66. The van der Waals surface area contributed by atoms with Crippen LogP contribution in [0.2, 0.25) is 0 Å². The van der Waals surface area contributed by atoms with Crippen LogP contribution in [0.5, 0.6) is 0 Å². The average molecular weight is 472 g/mol. The van der Waals surface area contributed by atoms with Crippen LogP contribution < -0.4 is 4.90 Å². The summed E-state index contributed by atoms with van der Waals surface area (Å²) < 4.78 is 5.32. The molecule has 4 aromatic rings. The van der Waals surface area contributed by atoms with Crippen LogP contribution in [0.1, 0.15) is 40.3 Å². The maximum atomic E-state index is 13.3. The van der Waals surface area contributed by atoms with Gasteiger partial charge in [-0.1, -0.05) is 12.1 Å².